The molecule has 1 saturated carbocycles. The molecule has 1 N–H and O–H groups in total. The van der Waals surface area contributed by atoms with Crippen LogP contribution in [0.5, 0.6) is 0 Å². The zero-order valence-electron chi connectivity index (χ0n) is 11.5. The first-order valence-electron chi connectivity index (χ1n) is 6.75. The van der Waals surface area contributed by atoms with Gasteiger partial charge in [-0.2, -0.15) is 0 Å². The van der Waals surface area contributed by atoms with Gasteiger partial charge in [-0.25, -0.2) is 0 Å². The van der Waals surface area contributed by atoms with E-state index >= 15 is 0 Å². The summed E-state index contributed by atoms with van der Waals surface area (Å²) in [6, 6.07) is 7.70. The molecule has 0 radical (unpaired) electrons. The van der Waals surface area contributed by atoms with Crippen molar-refractivity contribution in [2.24, 2.45) is 0 Å². The number of halogens is 1. The molecule has 1 aromatic carbocycles. The van der Waals surface area contributed by atoms with E-state index in [2.05, 4.69) is 42.4 Å². The van der Waals surface area contributed by atoms with Gasteiger partial charge in [-0.15, -0.1) is 0 Å². The highest BCUT2D eigenvalue weighted by molar-refractivity contribution is 6.31. The largest absolute Gasteiger partial charge is 0.311 e. The first kappa shape index (κ1) is 13.9. The summed E-state index contributed by atoms with van der Waals surface area (Å²) in [5.41, 5.74) is 2.40. The quantitative estimate of drug-likeness (QED) is 0.851. The molecule has 0 spiro atoms. The van der Waals surface area contributed by atoms with E-state index in [1.54, 1.807) is 0 Å². The Labute approximate surface area is 115 Å². The van der Waals surface area contributed by atoms with Crippen molar-refractivity contribution in [3.05, 3.63) is 34.3 Å². The van der Waals surface area contributed by atoms with Gasteiger partial charge in [-0.05, 0) is 50.9 Å². The Kier molecular flexibility index (Phi) is 4.66. The van der Waals surface area contributed by atoms with Crippen LogP contribution in [0.25, 0.3) is 0 Å². The Morgan fingerprint density at radius 1 is 1.44 bits per heavy atom. The SMILES string of the molecule is Cc1ccc(CNCC(C)N(C)C2CC2)cc1Cl. The zero-order chi connectivity index (χ0) is 13.1. The van der Waals surface area contributed by atoms with Gasteiger partial charge in [0.15, 0.2) is 0 Å². The molecule has 1 aromatic rings. The van der Waals surface area contributed by atoms with Crippen LogP contribution in [0.3, 0.4) is 0 Å². The van der Waals surface area contributed by atoms with Crippen LogP contribution in [0.15, 0.2) is 18.2 Å². The molecule has 0 bridgehead atoms. The lowest BCUT2D eigenvalue weighted by molar-refractivity contribution is 0.241. The maximum Gasteiger partial charge on any atom is 0.0438 e. The average Bonchev–Trinajstić information content (AvgIpc) is 3.16. The molecule has 2 rings (SSSR count). The molecule has 1 unspecified atom stereocenters. The van der Waals surface area contributed by atoms with Gasteiger partial charge in [-0.3, -0.25) is 4.90 Å². The average molecular weight is 267 g/mol. The second-order valence-corrected chi connectivity index (χ2v) is 5.87. The molecule has 1 aliphatic rings. The van der Waals surface area contributed by atoms with Crippen LogP contribution in [0, 0.1) is 6.92 Å². The summed E-state index contributed by atoms with van der Waals surface area (Å²) >= 11 is 6.12. The number of likely N-dealkylation sites (N-methyl/N-ethyl adjacent to an activating group) is 1. The van der Waals surface area contributed by atoms with Gasteiger partial charge < -0.3 is 5.32 Å². The van der Waals surface area contributed by atoms with Gasteiger partial charge in [-0.1, -0.05) is 23.7 Å². The number of aryl methyl sites for hydroxylation is 1. The normalized spacial score (nSPS) is 17.2. The van der Waals surface area contributed by atoms with Crippen molar-refractivity contribution < 1.29 is 0 Å². The Bertz CT molecular complexity index is 401. The van der Waals surface area contributed by atoms with E-state index in [0.29, 0.717) is 6.04 Å². The van der Waals surface area contributed by atoms with Crippen molar-refractivity contribution in [3.8, 4) is 0 Å². The van der Waals surface area contributed by atoms with Gasteiger partial charge in [0, 0.05) is 30.2 Å². The lowest BCUT2D eigenvalue weighted by Gasteiger charge is -2.24. The second kappa shape index (κ2) is 6.05. The first-order chi connectivity index (χ1) is 8.58. The molecule has 3 heteroatoms. The lowest BCUT2D eigenvalue weighted by atomic mass is 10.1. The molecule has 0 amide bonds. The van der Waals surface area contributed by atoms with Gasteiger partial charge in [0.25, 0.3) is 0 Å². The summed E-state index contributed by atoms with van der Waals surface area (Å²) in [6.07, 6.45) is 2.74. The number of nitrogens with one attached hydrogen (secondary N) is 1. The molecule has 18 heavy (non-hydrogen) atoms. The molecular weight excluding hydrogens is 244 g/mol. The highest BCUT2D eigenvalue weighted by atomic mass is 35.5. The maximum absolute atomic E-state index is 6.12. The summed E-state index contributed by atoms with van der Waals surface area (Å²) in [4.78, 5) is 2.48. The number of hydrogen-bond donors (Lipinski definition) is 1. The summed E-state index contributed by atoms with van der Waals surface area (Å²) in [7, 11) is 2.23. The summed E-state index contributed by atoms with van der Waals surface area (Å²) < 4.78 is 0. The number of benzene rings is 1. The number of nitrogens with zero attached hydrogens (tertiary/aromatic N) is 1. The van der Waals surface area contributed by atoms with Crippen LogP contribution in [-0.4, -0.2) is 30.6 Å². The van der Waals surface area contributed by atoms with E-state index in [1.165, 1.54) is 18.4 Å². The third-order valence-electron chi connectivity index (χ3n) is 3.82. The van der Waals surface area contributed by atoms with Crippen LogP contribution < -0.4 is 5.32 Å². The van der Waals surface area contributed by atoms with Crippen LogP contribution in [0.4, 0.5) is 0 Å². The van der Waals surface area contributed by atoms with E-state index < -0.39 is 0 Å². The molecule has 1 fully saturated rings. The maximum atomic E-state index is 6.12. The van der Waals surface area contributed by atoms with Crippen molar-refractivity contribution in [1.82, 2.24) is 10.2 Å². The smallest absolute Gasteiger partial charge is 0.0438 e. The van der Waals surface area contributed by atoms with Crippen molar-refractivity contribution >= 4 is 11.6 Å². The molecule has 0 heterocycles. The molecule has 1 aliphatic carbocycles. The third kappa shape index (κ3) is 3.71. The summed E-state index contributed by atoms with van der Waals surface area (Å²) in [5.74, 6) is 0. The predicted molar refractivity (Wildman–Crippen MR) is 78.1 cm³/mol. The van der Waals surface area contributed by atoms with Crippen LogP contribution in [0.2, 0.25) is 5.02 Å². The van der Waals surface area contributed by atoms with E-state index in [9.17, 15) is 0 Å². The Hall–Kier alpha value is -0.570. The fourth-order valence-corrected chi connectivity index (χ4v) is 2.36. The molecule has 100 valence electrons. The van der Waals surface area contributed by atoms with E-state index in [-0.39, 0.29) is 0 Å². The number of hydrogen-bond acceptors (Lipinski definition) is 2. The minimum Gasteiger partial charge on any atom is -0.311 e. The van der Waals surface area contributed by atoms with E-state index in [4.69, 9.17) is 11.6 Å². The fraction of sp³-hybridized carbons (Fsp3) is 0.600. The monoisotopic (exact) mass is 266 g/mol. The lowest BCUT2D eigenvalue weighted by Crippen LogP contribution is -2.38. The molecular formula is C15H23ClN2. The summed E-state index contributed by atoms with van der Waals surface area (Å²) in [6.45, 7) is 6.24. The van der Waals surface area contributed by atoms with Crippen molar-refractivity contribution in [2.75, 3.05) is 13.6 Å². The topological polar surface area (TPSA) is 15.3 Å². The van der Waals surface area contributed by atoms with Crippen molar-refractivity contribution in [1.29, 1.82) is 0 Å². The molecule has 0 aliphatic heterocycles. The van der Waals surface area contributed by atoms with Gasteiger partial charge in [0.05, 0.1) is 0 Å². The fourth-order valence-electron chi connectivity index (χ4n) is 2.16. The highest BCUT2D eigenvalue weighted by Gasteiger charge is 2.28. The zero-order valence-corrected chi connectivity index (χ0v) is 12.3. The molecule has 1 atom stereocenters. The number of rotatable bonds is 6. The first-order valence-corrected chi connectivity index (χ1v) is 7.13. The van der Waals surface area contributed by atoms with Crippen LogP contribution in [-0.2, 0) is 6.54 Å². The van der Waals surface area contributed by atoms with E-state index in [0.717, 1.165) is 29.7 Å². The Morgan fingerprint density at radius 2 is 2.17 bits per heavy atom. The molecule has 0 aromatic heterocycles. The van der Waals surface area contributed by atoms with Gasteiger partial charge in [0.1, 0.15) is 0 Å². The third-order valence-corrected chi connectivity index (χ3v) is 4.23. The van der Waals surface area contributed by atoms with Crippen molar-refractivity contribution in [2.45, 2.75) is 45.3 Å². The molecule has 2 nitrogen and oxygen atoms in total. The Balaban J connectivity index is 1.75. The summed E-state index contributed by atoms with van der Waals surface area (Å²) in [5, 5.41) is 4.37. The van der Waals surface area contributed by atoms with Crippen LogP contribution >= 0.6 is 11.6 Å². The minimum absolute atomic E-state index is 0.596. The Morgan fingerprint density at radius 3 is 2.78 bits per heavy atom. The standard InChI is InChI=1S/C15H23ClN2/c1-11-4-5-13(8-15(11)16)10-17-9-12(2)18(3)14-6-7-14/h4-5,8,12,14,17H,6-7,9-10H2,1-3H3. The van der Waals surface area contributed by atoms with Gasteiger partial charge >= 0.3 is 0 Å². The highest BCUT2D eigenvalue weighted by Crippen LogP contribution is 2.26. The van der Waals surface area contributed by atoms with Crippen molar-refractivity contribution in [3.63, 3.8) is 0 Å². The van der Waals surface area contributed by atoms with Crippen LogP contribution in [0.1, 0.15) is 30.9 Å². The predicted octanol–water partition coefficient (Wildman–Crippen LogP) is 3.22. The van der Waals surface area contributed by atoms with E-state index in [1.807, 2.05) is 6.92 Å². The second-order valence-electron chi connectivity index (χ2n) is 5.46. The van der Waals surface area contributed by atoms with Gasteiger partial charge in [0.2, 0.25) is 0 Å². The molecule has 0 saturated heterocycles. The minimum atomic E-state index is 0.596.